The molecule has 0 N–H and O–H groups in total. The second kappa shape index (κ2) is 6.28. The van der Waals surface area contributed by atoms with E-state index < -0.39 is 0 Å². The molecule has 0 aliphatic carbocycles. The molecule has 13 heavy (non-hydrogen) atoms. The summed E-state index contributed by atoms with van der Waals surface area (Å²) in [7, 11) is 3.17. The van der Waals surface area contributed by atoms with Crippen LogP contribution in [0.2, 0.25) is 0 Å². The number of methoxy groups -OCH3 is 2. The van der Waals surface area contributed by atoms with Crippen molar-refractivity contribution >= 4 is 0 Å². The van der Waals surface area contributed by atoms with Crippen molar-refractivity contribution in [3.8, 4) is 0 Å². The van der Waals surface area contributed by atoms with Gasteiger partial charge >= 0.3 is 0 Å². The first-order valence-corrected chi connectivity index (χ1v) is 4.17. The third-order valence-electron chi connectivity index (χ3n) is 1.78. The molecule has 0 saturated carbocycles. The van der Waals surface area contributed by atoms with Gasteiger partial charge in [-0.05, 0) is 0 Å². The monoisotopic (exact) mass is 192 g/mol. The lowest BCUT2D eigenvalue weighted by atomic mass is 10.2. The van der Waals surface area contributed by atoms with Crippen molar-refractivity contribution in [3.05, 3.63) is 0 Å². The first kappa shape index (κ1) is 10.9. The predicted molar refractivity (Wildman–Crippen MR) is 44.3 cm³/mol. The molecule has 0 aromatic heterocycles. The fourth-order valence-corrected chi connectivity index (χ4v) is 1.14. The Balaban J connectivity index is 2.18. The quantitative estimate of drug-likeness (QED) is 0.554. The van der Waals surface area contributed by atoms with Crippen molar-refractivity contribution in [1.29, 1.82) is 0 Å². The van der Waals surface area contributed by atoms with E-state index in [4.69, 9.17) is 23.7 Å². The van der Waals surface area contributed by atoms with Crippen molar-refractivity contribution in [2.24, 2.45) is 0 Å². The summed E-state index contributed by atoms with van der Waals surface area (Å²) in [6.45, 7) is 1.64. The van der Waals surface area contributed by atoms with E-state index in [2.05, 4.69) is 0 Å². The molecular formula is C8H16O5. The molecule has 1 heterocycles. The highest BCUT2D eigenvalue weighted by Crippen LogP contribution is 2.13. The van der Waals surface area contributed by atoms with E-state index in [1.54, 1.807) is 14.2 Å². The maximum atomic E-state index is 5.33. The van der Waals surface area contributed by atoms with Crippen molar-refractivity contribution in [2.75, 3.05) is 41.0 Å². The largest absolute Gasteiger partial charge is 0.376 e. The zero-order valence-corrected chi connectivity index (χ0v) is 8.02. The van der Waals surface area contributed by atoms with Gasteiger partial charge in [0.2, 0.25) is 0 Å². The fraction of sp³-hybridized carbons (Fsp3) is 1.00. The molecule has 2 atom stereocenters. The van der Waals surface area contributed by atoms with E-state index in [9.17, 15) is 0 Å². The summed E-state index contributed by atoms with van der Waals surface area (Å²) < 4.78 is 25.5. The second-order valence-electron chi connectivity index (χ2n) is 2.76. The Morgan fingerprint density at radius 2 is 1.46 bits per heavy atom. The van der Waals surface area contributed by atoms with Gasteiger partial charge in [-0.2, -0.15) is 0 Å². The van der Waals surface area contributed by atoms with E-state index in [1.165, 1.54) is 0 Å². The van der Waals surface area contributed by atoms with Gasteiger partial charge in [0.15, 0.2) is 0 Å². The Hall–Kier alpha value is -0.200. The minimum Gasteiger partial charge on any atom is -0.376 e. The highest BCUT2D eigenvalue weighted by atomic mass is 16.7. The highest BCUT2D eigenvalue weighted by Gasteiger charge is 2.29. The van der Waals surface area contributed by atoms with Gasteiger partial charge in [0.1, 0.15) is 25.8 Å². The van der Waals surface area contributed by atoms with Crippen LogP contribution in [0.15, 0.2) is 0 Å². The van der Waals surface area contributed by atoms with Crippen LogP contribution in [0, 0.1) is 0 Å². The Kier molecular flexibility index (Phi) is 5.26. The van der Waals surface area contributed by atoms with Gasteiger partial charge in [0, 0.05) is 14.2 Å². The van der Waals surface area contributed by atoms with Crippen molar-refractivity contribution in [1.82, 2.24) is 0 Å². The van der Waals surface area contributed by atoms with E-state index in [1.807, 2.05) is 0 Å². The third-order valence-corrected chi connectivity index (χ3v) is 1.78. The predicted octanol–water partition coefficient (Wildman–Crippen LogP) is -0.00520. The lowest BCUT2D eigenvalue weighted by Gasteiger charge is -2.17. The lowest BCUT2D eigenvalue weighted by molar-refractivity contribution is -0.139. The van der Waals surface area contributed by atoms with Gasteiger partial charge in [0.05, 0.1) is 13.2 Å². The molecule has 0 radical (unpaired) electrons. The summed E-state index contributed by atoms with van der Waals surface area (Å²) >= 11 is 0. The zero-order valence-electron chi connectivity index (χ0n) is 8.02. The standard InChI is InChI=1S/C8H16O5/c1-9-5-12-7-3-11-4-8(7)13-6-10-2/h7-8H,3-6H2,1-2H3/t7-,8-/m0/s1. The van der Waals surface area contributed by atoms with Gasteiger partial charge in [-0.1, -0.05) is 0 Å². The van der Waals surface area contributed by atoms with Crippen LogP contribution >= 0.6 is 0 Å². The summed E-state index contributed by atoms with van der Waals surface area (Å²) in [5.41, 5.74) is 0. The SMILES string of the molecule is COCO[C@H]1COC[C@@H]1OCOC. The molecule has 78 valence electrons. The summed E-state index contributed by atoms with van der Waals surface area (Å²) in [5.74, 6) is 0. The number of hydrogen-bond donors (Lipinski definition) is 0. The molecule has 0 spiro atoms. The molecule has 1 saturated heterocycles. The van der Waals surface area contributed by atoms with Crippen LogP contribution in [0.5, 0.6) is 0 Å². The van der Waals surface area contributed by atoms with Crippen molar-refractivity contribution < 1.29 is 23.7 Å². The summed E-state index contributed by atoms with van der Waals surface area (Å²) in [6, 6.07) is 0. The topological polar surface area (TPSA) is 46.2 Å². The van der Waals surface area contributed by atoms with Gasteiger partial charge in [-0.25, -0.2) is 0 Å². The Bertz CT molecular complexity index is 116. The average molecular weight is 192 g/mol. The number of rotatable bonds is 6. The van der Waals surface area contributed by atoms with Crippen molar-refractivity contribution in [3.63, 3.8) is 0 Å². The molecule has 1 rings (SSSR count). The molecule has 1 aliphatic heterocycles. The van der Waals surface area contributed by atoms with Crippen molar-refractivity contribution in [2.45, 2.75) is 12.2 Å². The van der Waals surface area contributed by atoms with Gasteiger partial charge < -0.3 is 23.7 Å². The van der Waals surface area contributed by atoms with Gasteiger partial charge in [-0.3, -0.25) is 0 Å². The molecule has 1 fully saturated rings. The van der Waals surface area contributed by atoms with Gasteiger partial charge in [-0.15, -0.1) is 0 Å². The van der Waals surface area contributed by atoms with Crippen LogP contribution in [0.3, 0.4) is 0 Å². The first-order chi connectivity index (χ1) is 6.38. The summed E-state index contributed by atoms with van der Waals surface area (Å²) in [4.78, 5) is 0. The minimum atomic E-state index is -0.0462. The smallest absolute Gasteiger partial charge is 0.146 e. The Labute approximate surface area is 77.9 Å². The molecule has 5 heteroatoms. The second-order valence-corrected chi connectivity index (χ2v) is 2.76. The minimum absolute atomic E-state index is 0.0462. The molecule has 0 unspecified atom stereocenters. The van der Waals surface area contributed by atoms with Crippen LogP contribution in [0.1, 0.15) is 0 Å². The van der Waals surface area contributed by atoms with Crippen LogP contribution in [0.25, 0.3) is 0 Å². The zero-order chi connectivity index (χ0) is 9.52. The molecule has 0 aromatic rings. The normalized spacial score (nSPS) is 28.2. The van der Waals surface area contributed by atoms with E-state index in [0.717, 1.165) is 0 Å². The first-order valence-electron chi connectivity index (χ1n) is 4.17. The Morgan fingerprint density at radius 1 is 1.00 bits per heavy atom. The maximum Gasteiger partial charge on any atom is 0.146 e. The number of hydrogen-bond acceptors (Lipinski definition) is 5. The van der Waals surface area contributed by atoms with Crippen LogP contribution in [0.4, 0.5) is 0 Å². The van der Waals surface area contributed by atoms with E-state index in [-0.39, 0.29) is 25.8 Å². The van der Waals surface area contributed by atoms with E-state index >= 15 is 0 Å². The van der Waals surface area contributed by atoms with E-state index in [0.29, 0.717) is 13.2 Å². The number of ether oxygens (including phenoxy) is 5. The van der Waals surface area contributed by atoms with Crippen LogP contribution < -0.4 is 0 Å². The molecule has 0 aromatic carbocycles. The molecule has 5 nitrogen and oxygen atoms in total. The van der Waals surface area contributed by atoms with Crippen LogP contribution in [-0.2, 0) is 23.7 Å². The summed E-state index contributed by atoms with van der Waals surface area (Å²) in [5, 5.41) is 0. The Morgan fingerprint density at radius 3 is 1.85 bits per heavy atom. The highest BCUT2D eigenvalue weighted by molar-refractivity contribution is 4.75. The molecule has 0 bridgehead atoms. The molecule has 0 amide bonds. The van der Waals surface area contributed by atoms with Crippen LogP contribution in [-0.4, -0.2) is 53.2 Å². The van der Waals surface area contributed by atoms with Gasteiger partial charge in [0.25, 0.3) is 0 Å². The summed E-state index contributed by atoms with van der Waals surface area (Å²) in [6.07, 6.45) is -0.0924. The molecule has 1 aliphatic rings. The third kappa shape index (κ3) is 3.58. The lowest BCUT2D eigenvalue weighted by Crippen LogP contribution is -2.31. The fourth-order valence-electron chi connectivity index (χ4n) is 1.14. The average Bonchev–Trinajstić information content (AvgIpc) is 2.59. The molecular weight excluding hydrogens is 176 g/mol. The maximum absolute atomic E-state index is 5.33.